The molecule has 1 aliphatic rings. The number of rotatable bonds is 4. The molecule has 1 aliphatic heterocycles. The van der Waals surface area contributed by atoms with Crippen LogP contribution in [0.2, 0.25) is 0 Å². The molecule has 0 saturated carbocycles. The number of aromatic nitrogens is 5. The SMILES string of the molecule is COc1ccc(Nc2ncnc(N3CCCCC3)n2)nn1. The molecule has 0 atom stereocenters. The van der Waals surface area contributed by atoms with Gasteiger partial charge in [0.05, 0.1) is 7.11 Å². The van der Waals surface area contributed by atoms with Gasteiger partial charge in [0, 0.05) is 19.2 Å². The van der Waals surface area contributed by atoms with E-state index in [1.54, 1.807) is 19.2 Å². The quantitative estimate of drug-likeness (QED) is 0.902. The lowest BCUT2D eigenvalue weighted by molar-refractivity contribution is 0.392. The smallest absolute Gasteiger partial charge is 0.233 e. The molecule has 0 radical (unpaired) electrons. The standard InChI is InChI=1S/C13H17N7O/c1-21-11-6-5-10(18-19-11)16-12-14-9-15-13(17-12)20-7-3-2-4-8-20/h5-6,9H,2-4,7-8H2,1H3,(H,14,15,16,17,18). The normalized spacial score (nSPS) is 14.8. The maximum atomic E-state index is 4.97. The van der Waals surface area contributed by atoms with Crippen LogP contribution in [-0.2, 0) is 0 Å². The molecule has 1 fully saturated rings. The first kappa shape index (κ1) is 13.5. The van der Waals surface area contributed by atoms with Crippen molar-refractivity contribution in [3.8, 4) is 5.88 Å². The number of nitrogens with one attached hydrogen (secondary N) is 1. The molecule has 110 valence electrons. The topological polar surface area (TPSA) is 89.0 Å². The lowest BCUT2D eigenvalue weighted by Gasteiger charge is -2.26. The minimum Gasteiger partial charge on any atom is -0.480 e. The Bertz CT molecular complexity index is 583. The average Bonchev–Trinajstić information content (AvgIpc) is 2.57. The van der Waals surface area contributed by atoms with Gasteiger partial charge in [-0.2, -0.15) is 4.98 Å². The molecule has 0 aliphatic carbocycles. The molecular weight excluding hydrogens is 270 g/mol. The molecule has 0 spiro atoms. The van der Waals surface area contributed by atoms with Gasteiger partial charge < -0.3 is 15.0 Å². The van der Waals surface area contributed by atoms with Crippen LogP contribution in [0.3, 0.4) is 0 Å². The maximum absolute atomic E-state index is 4.97. The molecule has 0 aromatic carbocycles. The molecule has 1 N–H and O–H groups in total. The Balaban J connectivity index is 1.72. The lowest BCUT2D eigenvalue weighted by atomic mass is 10.1. The molecule has 8 nitrogen and oxygen atoms in total. The summed E-state index contributed by atoms with van der Waals surface area (Å²) in [5.74, 6) is 2.19. The summed E-state index contributed by atoms with van der Waals surface area (Å²) in [5, 5.41) is 10.9. The Kier molecular flexibility index (Phi) is 4.04. The fourth-order valence-electron chi connectivity index (χ4n) is 2.20. The summed E-state index contributed by atoms with van der Waals surface area (Å²) in [5.41, 5.74) is 0. The largest absolute Gasteiger partial charge is 0.480 e. The molecule has 0 unspecified atom stereocenters. The van der Waals surface area contributed by atoms with E-state index in [0.717, 1.165) is 13.1 Å². The van der Waals surface area contributed by atoms with Gasteiger partial charge in [0.2, 0.25) is 17.8 Å². The molecule has 1 saturated heterocycles. The van der Waals surface area contributed by atoms with Gasteiger partial charge in [0.25, 0.3) is 0 Å². The average molecular weight is 287 g/mol. The Labute approximate surface area is 122 Å². The maximum Gasteiger partial charge on any atom is 0.233 e. The summed E-state index contributed by atoms with van der Waals surface area (Å²) < 4.78 is 4.97. The minimum absolute atomic E-state index is 0.463. The van der Waals surface area contributed by atoms with Crippen LogP contribution in [-0.4, -0.2) is 45.3 Å². The number of hydrogen-bond donors (Lipinski definition) is 1. The highest BCUT2D eigenvalue weighted by molar-refractivity contribution is 5.48. The number of anilines is 3. The van der Waals surface area contributed by atoms with Crippen LogP contribution >= 0.6 is 0 Å². The zero-order chi connectivity index (χ0) is 14.5. The van der Waals surface area contributed by atoms with Crippen molar-refractivity contribution >= 4 is 17.7 Å². The van der Waals surface area contributed by atoms with Crippen molar-refractivity contribution in [3.63, 3.8) is 0 Å². The highest BCUT2D eigenvalue weighted by atomic mass is 16.5. The van der Waals surface area contributed by atoms with Gasteiger partial charge >= 0.3 is 0 Å². The Hall–Kier alpha value is -2.51. The first-order valence-corrected chi connectivity index (χ1v) is 6.94. The molecule has 3 heterocycles. The van der Waals surface area contributed by atoms with E-state index in [-0.39, 0.29) is 0 Å². The summed E-state index contributed by atoms with van der Waals surface area (Å²) in [4.78, 5) is 15.0. The summed E-state index contributed by atoms with van der Waals surface area (Å²) in [6, 6.07) is 3.48. The summed E-state index contributed by atoms with van der Waals surface area (Å²) in [6.07, 6.45) is 5.14. The Morgan fingerprint density at radius 3 is 2.67 bits per heavy atom. The summed E-state index contributed by atoms with van der Waals surface area (Å²) in [6.45, 7) is 1.98. The van der Waals surface area contributed by atoms with Crippen LogP contribution in [0.5, 0.6) is 5.88 Å². The van der Waals surface area contributed by atoms with E-state index in [1.807, 2.05) is 0 Å². The molecule has 21 heavy (non-hydrogen) atoms. The molecule has 2 aromatic rings. The molecule has 2 aromatic heterocycles. The van der Waals surface area contributed by atoms with Crippen molar-refractivity contribution in [2.75, 3.05) is 30.4 Å². The van der Waals surface area contributed by atoms with Crippen molar-refractivity contribution in [2.45, 2.75) is 19.3 Å². The van der Waals surface area contributed by atoms with Crippen molar-refractivity contribution in [1.82, 2.24) is 25.1 Å². The number of hydrogen-bond acceptors (Lipinski definition) is 8. The summed E-state index contributed by atoms with van der Waals surface area (Å²) in [7, 11) is 1.55. The predicted octanol–water partition coefficient (Wildman–Crippen LogP) is 1.40. The monoisotopic (exact) mass is 287 g/mol. The van der Waals surface area contributed by atoms with E-state index in [0.29, 0.717) is 23.6 Å². The van der Waals surface area contributed by atoms with Gasteiger partial charge in [-0.1, -0.05) is 0 Å². The van der Waals surface area contributed by atoms with Crippen LogP contribution in [0.25, 0.3) is 0 Å². The fraction of sp³-hybridized carbons (Fsp3) is 0.462. The summed E-state index contributed by atoms with van der Waals surface area (Å²) >= 11 is 0. The highest BCUT2D eigenvalue weighted by Gasteiger charge is 2.14. The highest BCUT2D eigenvalue weighted by Crippen LogP contribution is 2.17. The van der Waals surface area contributed by atoms with E-state index >= 15 is 0 Å². The van der Waals surface area contributed by atoms with E-state index in [9.17, 15) is 0 Å². The van der Waals surface area contributed by atoms with Crippen molar-refractivity contribution in [3.05, 3.63) is 18.5 Å². The number of nitrogens with zero attached hydrogens (tertiary/aromatic N) is 6. The molecule has 3 rings (SSSR count). The molecule has 8 heteroatoms. The van der Waals surface area contributed by atoms with E-state index in [4.69, 9.17) is 4.74 Å². The third-order valence-electron chi connectivity index (χ3n) is 3.29. The van der Waals surface area contributed by atoms with Crippen molar-refractivity contribution in [2.24, 2.45) is 0 Å². The van der Waals surface area contributed by atoms with Gasteiger partial charge in [-0.25, -0.2) is 9.97 Å². The van der Waals surface area contributed by atoms with Crippen LogP contribution < -0.4 is 15.0 Å². The van der Waals surface area contributed by atoms with Gasteiger partial charge in [-0.3, -0.25) is 0 Å². The van der Waals surface area contributed by atoms with Gasteiger partial charge in [-0.15, -0.1) is 10.2 Å². The first-order valence-electron chi connectivity index (χ1n) is 6.94. The van der Waals surface area contributed by atoms with Gasteiger partial charge in [0.15, 0.2) is 5.82 Å². The van der Waals surface area contributed by atoms with Gasteiger partial charge in [-0.05, 0) is 25.3 Å². The second-order valence-corrected chi connectivity index (χ2v) is 4.74. The predicted molar refractivity (Wildman–Crippen MR) is 77.8 cm³/mol. The lowest BCUT2D eigenvalue weighted by Crippen LogP contribution is -2.31. The Morgan fingerprint density at radius 1 is 1.10 bits per heavy atom. The van der Waals surface area contributed by atoms with E-state index in [2.05, 4.69) is 35.4 Å². The number of methoxy groups -OCH3 is 1. The van der Waals surface area contributed by atoms with Crippen LogP contribution in [0, 0.1) is 0 Å². The van der Waals surface area contributed by atoms with E-state index < -0.39 is 0 Å². The second kappa shape index (κ2) is 6.29. The van der Waals surface area contributed by atoms with Crippen LogP contribution in [0.15, 0.2) is 18.5 Å². The number of ether oxygens (including phenoxy) is 1. The van der Waals surface area contributed by atoms with Gasteiger partial charge in [0.1, 0.15) is 6.33 Å². The van der Waals surface area contributed by atoms with Crippen LogP contribution in [0.1, 0.15) is 19.3 Å². The second-order valence-electron chi connectivity index (χ2n) is 4.74. The zero-order valence-electron chi connectivity index (χ0n) is 11.9. The third-order valence-corrected chi connectivity index (χ3v) is 3.29. The van der Waals surface area contributed by atoms with Crippen LogP contribution in [0.4, 0.5) is 17.7 Å². The van der Waals surface area contributed by atoms with Crippen molar-refractivity contribution in [1.29, 1.82) is 0 Å². The van der Waals surface area contributed by atoms with Crippen molar-refractivity contribution < 1.29 is 4.74 Å². The third kappa shape index (κ3) is 3.33. The molecular formula is C13H17N7O. The van der Waals surface area contributed by atoms with E-state index in [1.165, 1.54) is 25.6 Å². The Morgan fingerprint density at radius 2 is 1.95 bits per heavy atom. The minimum atomic E-state index is 0.463. The fourth-order valence-corrected chi connectivity index (χ4v) is 2.20. The number of piperidine rings is 1. The zero-order valence-corrected chi connectivity index (χ0v) is 11.9. The first-order chi connectivity index (χ1) is 10.3. The molecule has 0 bridgehead atoms. The molecule has 0 amide bonds.